The second kappa shape index (κ2) is 9.53. The minimum Gasteiger partial charge on any atom is -0.385 e. The van der Waals surface area contributed by atoms with Crippen molar-refractivity contribution in [2.45, 2.75) is 25.2 Å². The molecule has 6 nitrogen and oxygen atoms in total. The molecule has 0 saturated heterocycles. The molecule has 6 heteroatoms. The number of nitrogens with two attached hydrogens (primary N) is 1. The summed E-state index contributed by atoms with van der Waals surface area (Å²) >= 11 is 0. The van der Waals surface area contributed by atoms with Crippen LogP contribution in [0.5, 0.6) is 0 Å². The van der Waals surface area contributed by atoms with Gasteiger partial charge in [-0.1, -0.05) is 0 Å². The van der Waals surface area contributed by atoms with Crippen molar-refractivity contribution in [3.63, 3.8) is 0 Å². The smallest absolute Gasteiger partial charge is 0.237 e. The predicted octanol–water partition coefficient (Wildman–Crippen LogP) is -0.525. The van der Waals surface area contributed by atoms with Crippen molar-refractivity contribution >= 4 is 5.91 Å². The van der Waals surface area contributed by atoms with Gasteiger partial charge in [0, 0.05) is 27.9 Å². The molecule has 0 aliphatic heterocycles. The highest BCUT2D eigenvalue weighted by Crippen LogP contribution is 1.95. The first-order chi connectivity index (χ1) is 7.65. The fourth-order valence-electron chi connectivity index (χ4n) is 1.16. The second-order valence-electron chi connectivity index (χ2n) is 3.39. The average molecular weight is 234 g/mol. The van der Waals surface area contributed by atoms with Crippen LogP contribution in [0, 0.1) is 0 Å². The number of carbonyl (C=O) groups excluding carboxylic acids is 1. The molecule has 0 heterocycles. The van der Waals surface area contributed by atoms with Gasteiger partial charge in [0.1, 0.15) is 0 Å². The van der Waals surface area contributed by atoms with Gasteiger partial charge in [0.2, 0.25) is 5.91 Å². The molecule has 3 N–H and O–H groups in total. The fraction of sp³-hybridized carbons (Fsp3) is 0.900. The lowest BCUT2D eigenvalue weighted by Crippen LogP contribution is -2.44. The van der Waals surface area contributed by atoms with Crippen LogP contribution in [0.3, 0.4) is 0 Å². The predicted molar refractivity (Wildman–Crippen MR) is 59.9 cm³/mol. The van der Waals surface area contributed by atoms with Crippen LogP contribution >= 0.6 is 0 Å². The molecule has 0 saturated carbocycles. The van der Waals surface area contributed by atoms with Gasteiger partial charge in [0.25, 0.3) is 0 Å². The van der Waals surface area contributed by atoms with E-state index in [9.17, 15) is 4.79 Å². The molecule has 0 aliphatic rings. The van der Waals surface area contributed by atoms with Crippen molar-refractivity contribution in [2.75, 3.05) is 34.5 Å². The molecular weight excluding hydrogens is 212 g/mol. The lowest BCUT2D eigenvalue weighted by Gasteiger charge is -2.16. The Labute approximate surface area is 96.4 Å². The molecule has 96 valence electrons. The van der Waals surface area contributed by atoms with E-state index in [1.807, 2.05) is 0 Å². The zero-order valence-corrected chi connectivity index (χ0v) is 10.2. The van der Waals surface area contributed by atoms with Crippen molar-refractivity contribution in [1.82, 2.24) is 5.32 Å². The quantitative estimate of drug-likeness (QED) is 0.414. The summed E-state index contributed by atoms with van der Waals surface area (Å²) in [5.74, 6) is -0.199. The van der Waals surface area contributed by atoms with E-state index in [-0.39, 0.29) is 5.91 Å². The van der Waals surface area contributed by atoms with Crippen LogP contribution in [-0.2, 0) is 19.0 Å². The SMILES string of the molecule is COCCCC(N)C(=O)NCC(OC)OC. The highest BCUT2D eigenvalue weighted by Gasteiger charge is 2.14. The van der Waals surface area contributed by atoms with E-state index >= 15 is 0 Å². The molecule has 0 fully saturated rings. The molecule has 0 rings (SSSR count). The first kappa shape index (κ1) is 15.3. The molecule has 1 unspecified atom stereocenters. The van der Waals surface area contributed by atoms with Crippen LogP contribution < -0.4 is 11.1 Å². The van der Waals surface area contributed by atoms with Crippen molar-refractivity contribution in [3.05, 3.63) is 0 Å². The summed E-state index contributed by atoms with van der Waals surface area (Å²) in [6.07, 6.45) is 0.933. The largest absolute Gasteiger partial charge is 0.385 e. The van der Waals surface area contributed by atoms with E-state index in [4.69, 9.17) is 19.9 Å². The normalized spacial score (nSPS) is 12.8. The third-order valence-electron chi connectivity index (χ3n) is 2.17. The standard InChI is InChI=1S/C10H22N2O4/c1-14-6-4-5-8(11)10(13)12-7-9(15-2)16-3/h8-9H,4-7,11H2,1-3H3,(H,12,13). The zero-order chi connectivity index (χ0) is 12.4. The summed E-state index contributed by atoms with van der Waals surface area (Å²) in [5, 5.41) is 2.66. The third-order valence-corrected chi connectivity index (χ3v) is 2.17. The van der Waals surface area contributed by atoms with E-state index in [0.717, 1.165) is 6.42 Å². The summed E-state index contributed by atoms with van der Waals surface area (Å²) in [6.45, 7) is 0.906. The van der Waals surface area contributed by atoms with Gasteiger partial charge in [0.05, 0.1) is 12.6 Å². The Morgan fingerprint density at radius 3 is 2.44 bits per heavy atom. The zero-order valence-electron chi connectivity index (χ0n) is 10.2. The van der Waals surface area contributed by atoms with E-state index in [0.29, 0.717) is 19.6 Å². The molecular formula is C10H22N2O4. The van der Waals surface area contributed by atoms with Crippen molar-refractivity contribution in [3.8, 4) is 0 Å². The Hall–Kier alpha value is -0.690. The second-order valence-corrected chi connectivity index (χ2v) is 3.39. The topological polar surface area (TPSA) is 82.8 Å². The average Bonchev–Trinajstić information content (AvgIpc) is 2.30. The number of ether oxygens (including phenoxy) is 3. The van der Waals surface area contributed by atoms with Gasteiger partial charge < -0.3 is 25.3 Å². The summed E-state index contributed by atoms with van der Waals surface area (Å²) < 4.78 is 14.7. The van der Waals surface area contributed by atoms with Gasteiger partial charge >= 0.3 is 0 Å². The van der Waals surface area contributed by atoms with Gasteiger partial charge in [-0.25, -0.2) is 0 Å². The number of rotatable bonds is 9. The molecule has 0 aromatic carbocycles. The maximum absolute atomic E-state index is 11.5. The highest BCUT2D eigenvalue weighted by molar-refractivity contribution is 5.81. The number of hydrogen-bond donors (Lipinski definition) is 2. The molecule has 0 aromatic rings. The number of nitrogens with one attached hydrogen (secondary N) is 1. The Kier molecular flexibility index (Phi) is 9.12. The van der Waals surface area contributed by atoms with Gasteiger partial charge in [-0.05, 0) is 12.8 Å². The van der Waals surface area contributed by atoms with Gasteiger partial charge in [-0.15, -0.1) is 0 Å². The van der Waals surface area contributed by atoms with Crippen molar-refractivity contribution in [1.29, 1.82) is 0 Å². The summed E-state index contributed by atoms with van der Waals surface area (Å²) in [4.78, 5) is 11.5. The van der Waals surface area contributed by atoms with Crippen molar-refractivity contribution in [2.24, 2.45) is 5.73 Å². The van der Waals surface area contributed by atoms with E-state index in [2.05, 4.69) is 5.32 Å². The summed E-state index contributed by atoms with van der Waals surface area (Å²) in [7, 11) is 4.64. The Morgan fingerprint density at radius 2 is 1.94 bits per heavy atom. The molecule has 0 aromatic heterocycles. The van der Waals surface area contributed by atoms with Gasteiger partial charge in [-0.2, -0.15) is 0 Å². The van der Waals surface area contributed by atoms with Crippen molar-refractivity contribution < 1.29 is 19.0 Å². The number of hydrogen-bond acceptors (Lipinski definition) is 5. The molecule has 1 amide bonds. The molecule has 1 atom stereocenters. The Balaban J connectivity index is 3.69. The monoisotopic (exact) mass is 234 g/mol. The minimum atomic E-state index is -0.510. The Bertz CT molecular complexity index is 186. The van der Waals surface area contributed by atoms with E-state index < -0.39 is 12.3 Å². The lowest BCUT2D eigenvalue weighted by molar-refractivity contribution is -0.128. The van der Waals surface area contributed by atoms with Crippen LogP contribution in [0.15, 0.2) is 0 Å². The van der Waals surface area contributed by atoms with E-state index in [1.54, 1.807) is 7.11 Å². The molecule has 0 aliphatic carbocycles. The highest BCUT2D eigenvalue weighted by atomic mass is 16.7. The summed E-state index contributed by atoms with van der Waals surface area (Å²) in [6, 6.07) is -0.510. The third kappa shape index (κ3) is 6.73. The molecule has 0 bridgehead atoms. The summed E-state index contributed by atoms with van der Waals surface area (Å²) in [5.41, 5.74) is 5.68. The van der Waals surface area contributed by atoms with Crippen LogP contribution in [0.4, 0.5) is 0 Å². The maximum Gasteiger partial charge on any atom is 0.237 e. The molecule has 0 spiro atoms. The van der Waals surface area contributed by atoms with Crippen LogP contribution in [0.2, 0.25) is 0 Å². The molecule has 0 radical (unpaired) electrons. The first-order valence-corrected chi connectivity index (χ1v) is 5.23. The maximum atomic E-state index is 11.5. The lowest BCUT2D eigenvalue weighted by atomic mass is 10.1. The van der Waals surface area contributed by atoms with Gasteiger partial charge in [0.15, 0.2) is 6.29 Å². The number of carbonyl (C=O) groups is 1. The van der Waals surface area contributed by atoms with E-state index in [1.165, 1.54) is 14.2 Å². The first-order valence-electron chi connectivity index (χ1n) is 5.23. The fourth-order valence-corrected chi connectivity index (χ4v) is 1.16. The van der Waals surface area contributed by atoms with Crippen LogP contribution in [-0.4, -0.2) is 52.7 Å². The number of methoxy groups -OCH3 is 3. The Morgan fingerprint density at radius 1 is 1.31 bits per heavy atom. The minimum absolute atomic E-state index is 0.199. The molecule has 16 heavy (non-hydrogen) atoms. The number of amides is 1. The van der Waals surface area contributed by atoms with Crippen LogP contribution in [0.25, 0.3) is 0 Å². The van der Waals surface area contributed by atoms with Crippen LogP contribution in [0.1, 0.15) is 12.8 Å². The van der Waals surface area contributed by atoms with Gasteiger partial charge in [-0.3, -0.25) is 4.79 Å².